The van der Waals surface area contributed by atoms with Gasteiger partial charge in [-0.25, -0.2) is 4.39 Å². The molecule has 0 aromatic heterocycles. The number of carbonyl (C=O) groups is 1. The molecular formula is C24H24FN2O. The average Bonchev–Trinajstić information content (AvgIpc) is 2.76. The van der Waals surface area contributed by atoms with Gasteiger partial charge in [-0.15, -0.1) is 0 Å². The van der Waals surface area contributed by atoms with Crippen molar-refractivity contribution in [3.05, 3.63) is 95.7 Å². The van der Waals surface area contributed by atoms with E-state index >= 15 is 0 Å². The first kappa shape index (κ1) is 18.5. The van der Waals surface area contributed by atoms with Crippen LogP contribution in [0.2, 0.25) is 0 Å². The number of piperazine rings is 1. The van der Waals surface area contributed by atoms with Crippen LogP contribution in [0.5, 0.6) is 0 Å². The molecule has 1 amide bonds. The minimum absolute atomic E-state index is 0.0538. The highest BCUT2D eigenvalue weighted by molar-refractivity contribution is 5.98. The van der Waals surface area contributed by atoms with Gasteiger partial charge >= 0.3 is 0 Å². The molecule has 0 N–H and O–H groups in total. The van der Waals surface area contributed by atoms with Crippen LogP contribution < -0.4 is 4.90 Å². The number of carbonyl (C=O) groups excluding carboxylic acids is 1. The first-order valence-corrected chi connectivity index (χ1v) is 9.78. The van der Waals surface area contributed by atoms with Crippen LogP contribution in [0.25, 0.3) is 0 Å². The van der Waals surface area contributed by atoms with E-state index in [1.165, 1.54) is 5.69 Å². The molecule has 1 fully saturated rings. The van der Waals surface area contributed by atoms with Crippen LogP contribution in [-0.4, -0.2) is 37.0 Å². The summed E-state index contributed by atoms with van der Waals surface area (Å²) in [6.07, 6.45) is 4.33. The van der Waals surface area contributed by atoms with Crippen LogP contribution in [0.15, 0.2) is 83.7 Å². The first-order chi connectivity index (χ1) is 13.7. The molecule has 0 atom stereocenters. The highest BCUT2D eigenvalue weighted by Gasteiger charge is 2.28. The number of hydrogen-bond donors (Lipinski definition) is 0. The van der Waals surface area contributed by atoms with E-state index in [4.69, 9.17) is 0 Å². The second-order valence-electron chi connectivity index (χ2n) is 7.16. The third-order valence-corrected chi connectivity index (χ3v) is 5.37. The fraction of sp³-hybridized carbons (Fsp3) is 0.250. The number of amides is 1. The molecule has 4 rings (SSSR count). The van der Waals surface area contributed by atoms with Crippen LogP contribution in [0.3, 0.4) is 0 Å². The van der Waals surface area contributed by atoms with Gasteiger partial charge in [-0.1, -0.05) is 54.6 Å². The van der Waals surface area contributed by atoms with Crippen molar-refractivity contribution in [1.29, 1.82) is 0 Å². The Hall–Kier alpha value is -2.88. The molecule has 0 spiro atoms. The summed E-state index contributed by atoms with van der Waals surface area (Å²) < 4.78 is 14.6. The lowest BCUT2D eigenvalue weighted by molar-refractivity contribution is -0.127. The Kier molecular flexibility index (Phi) is 5.56. The smallest absolute Gasteiger partial charge is 0.254 e. The molecule has 1 heterocycles. The average molecular weight is 375 g/mol. The highest BCUT2D eigenvalue weighted by atomic mass is 19.1. The summed E-state index contributed by atoms with van der Waals surface area (Å²) in [6, 6.07) is 20.0. The summed E-state index contributed by atoms with van der Waals surface area (Å²) >= 11 is 0. The SMILES string of the molecule is O=C(C1=CC[CH]C(F)=C1Cc1ccccc1)N1CCN(c2ccccc2)CC1. The van der Waals surface area contributed by atoms with Gasteiger partial charge in [0.2, 0.25) is 0 Å². The van der Waals surface area contributed by atoms with Crippen LogP contribution in [0, 0.1) is 6.42 Å². The molecule has 0 saturated carbocycles. The third kappa shape index (κ3) is 4.01. The van der Waals surface area contributed by atoms with Crippen molar-refractivity contribution >= 4 is 11.6 Å². The molecule has 1 aliphatic carbocycles. The quantitative estimate of drug-likeness (QED) is 0.794. The Labute approximate surface area is 165 Å². The van der Waals surface area contributed by atoms with Gasteiger partial charge in [0, 0.05) is 55.9 Å². The van der Waals surface area contributed by atoms with Crippen molar-refractivity contribution in [1.82, 2.24) is 4.90 Å². The normalized spacial score (nSPS) is 17.5. The number of para-hydroxylation sites is 1. The second kappa shape index (κ2) is 8.42. The number of allylic oxidation sites excluding steroid dienone is 2. The minimum atomic E-state index is -0.266. The predicted molar refractivity (Wildman–Crippen MR) is 111 cm³/mol. The molecular weight excluding hydrogens is 351 g/mol. The predicted octanol–water partition coefficient (Wildman–Crippen LogP) is 4.34. The van der Waals surface area contributed by atoms with Crippen LogP contribution in [0.1, 0.15) is 12.0 Å². The monoisotopic (exact) mass is 375 g/mol. The van der Waals surface area contributed by atoms with Crippen molar-refractivity contribution in [2.75, 3.05) is 31.1 Å². The van der Waals surface area contributed by atoms with Crippen molar-refractivity contribution in [2.24, 2.45) is 0 Å². The molecule has 1 aliphatic heterocycles. The second-order valence-corrected chi connectivity index (χ2v) is 7.16. The van der Waals surface area contributed by atoms with Crippen LogP contribution in [0.4, 0.5) is 10.1 Å². The van der Waals surface area contributed by atoms with E-state index in [0.717, 1.165) is 18.7 Å². The zero-order valence-electron chi connectivity index (χ0n) is 15.9. The van der Waals surface area contributed by atoms with E-state index in [1.807, 2.05) is 59.5 Å². The molecule has 2 aromatic carbocycles. The Morgan fingerprint density at radius 1 is 0.893 bits per heavy atom. The summed E-state index contributed by atoms with van der Waals surface area (Å²) in [5, 5.41) is 0. The number of halogens is 1. The molecule has 2 aliphatic rings. The Bertz CT molecular complexity index is 881. The zero-order valence-corrected chi connectivity index (χ0v) is 15.9. The summed E-state index contributed by atoms with van der Waals surface area (Å²) in [4.78, 5) is 17.3. The number of nitrogens with zero attached hydrogens (tertiary/aromatic N) is 2. The standard InChI is InChI=1S/C24H24FN2O/c25-23-13-7-12-21(22(23)18-19-8-3-1-4-9-19)24(28)27-16-14-26(15-17-27)20-10-5-2-6-11-20/h1-6,8-13H,7,14-18H2. The van der Waals surface area contributed by atoms with Gasteiger partial charge < -0.3 is 9.80 Å². The van der Waals surface area contributed by atoms with Crippen LogP contribution in [-0.2, 0) is 11.2 Å². The summed E-state index contributed by atoms with van der Waals surface area (Å²) in [7, 11) is 0. The molecule has 1 radical (unpaired) electrons. The topological polar surface area (TPSA) is 23.6 Å². The first-order valence-electron chi connectivity index (χ1n) is 9.78. The highest BCUT2D eigenvalue weighted by Crippen LogP contribution is 2.30. The van der Waals surface area contributed by atoms with E-state index in [2.05, 4.69) is 17.0 Å². The van der Waals surface area contributed by atoms with Gasteiger partial charge in [0.15, 0.2) is 0 Å². The summed E-state index contributed by atoms with van der Waals surface area (Å²) in [5.74, 6) is -0.320. The lowest BCUT2D eigenvalue weighted by Crippen LogP contribution is -2.49. The maximum atomic E-state index is 14.6. The summed E-state index contributed by atoms with van der Waals surface area (Å²) in [5.41, 5.74) is 3.22. The van der Waals surface area contributed by atoms with E-state index in [-0.39, 0.29) is 11.7 Å². The van der Waals surface area contributed by atoms with Gasteiger partial charge in [-0.3, -0.25) is 4.79 Å². The number of rotatable bonds is 4. The molecule has 4 heteroatoms. The molecule has 2 aromatic rings. The van der Waals surface area contributed by atoms with Gasteiger partial charge in [-0.05, 0) is 24.1 Å². The van der Waals surface area contributed by atoms with Crippen molar-refractivity contribution < 1.29 is 9.18 Å². The Morgan fingerprint density at radius 3 is 2.21 bits per heavy atom. The Morgan fingerprint density at radius 2 is 1.54 bits per heavy atom. The number of anilines is 1. The fourth-order valence-corrected chi connectivity index (χ4v) is 3.83. The molecule has 0 unspecified atom stereocenters. The van der Waals surface area contributed by atoms with E-state index in [9.17, 15) is 9.18 Å². The molecule has 28 heavy (non-hydrogen) atoms. The maximum absolute atomic E-state index is 14.6. The van der Waals surface area contributed by atoms with E-state index in [1.54, 1.807) is 6.42 Å². The van der Waals surface area contributed by atoms with Crippen molar-refractivity contribution in [2.45, 2.75) is 12.8 Å². The van der Waals surface area contributed by atoms with Gasteiger partial charge in [-0.2, -0.15) is 0 Å². The van der Waals surface area contributed by atoms with E-state index < -0.39 is 0 Å². The van der Waals surface area contributed by atoms with Crippen LogP contribution >= 0.6 is 0 Å². The largest absolute Gasteiger partial charge is 0.368 e. The van der Waals surface area contributed by atoms with E-state index in [0.29, 0.717) is 37.1 Å². The maximum Gasteiger partial charge on any atom is 0.254 e. The minimum Gasteiger partial charge on any atom is -0.368 e. The summed E-state index contributed by atoms with van der Waals surface area (Å²) in [6.45, 7) is 2.87. The number of hydrogen-bond acceptors (Lipinski definition) is 2. The number of benzene rings is 2. The molecule has 0 bridgehead atoms. The zero-order chi connectivity index (χ0) is 19.3. The van der Waals surface area contributed by atoms with Gasteiger partial charge in [0.25, 0.3) is 5.91 Å². The van der Waals surface area contributed by atoms with Gasteiger partial charge in [0.05, 0.1) is 0 Å². The van der Waals surface area contributed by atoms with Crippen molar-refractivity contribution in [3.63, 3.8) is 0 Å². The molecule has 3 nitrogen and oxygen atoms in total. The lowest BCUT2D eigenvalue weighted by atomic mass is 9.90. The molecule has 143 valence electrons. The lowest BCUT2D eigenvalue weighted by Gasteiger charge is -2.37. The van der Waals surface area contributed by atoms with Crippen molar-refractivity contribution in [3.8, 4) is 0 Å². The Balaban J connectivity index is 1.45. The fourth-order valence-electron chi connectivity index (χ4n) is 3.83. The third-order valence-electron chi connectivity index (χ3n) is 5.37. The van der Waals surface area contributed by atoms with Gasteiger partial charge in [0.1, 0.15) is 5.83 Å². The molecule has 1 saturated heterocycles.